The van der Waals surface area contributed by atoms with Gasteiger partial charge in [-0.2, -0.15) is 0 Å². The van der Waals surface area contributed by atoms with Crippen molar-refractivity contribution in [1.82, 2.24) is 0 Å². The van der Waals surface area contributed by atoms with E-state index in [2.05, 4.69) is 6.58 Å². The maximum Gasteiger partial charge on any atom is -0.0187 e. The zero-order valence-electron chi connectivity index (χ0n) is 2.51. The lowest BCUT2D eigenvalue weighted by molar-refractivity contribution is 0.546. The first-order valence-electron chi connectivity index (χ1n) is 0.977. The van der Waals surface area contributed by atoms with E-state index in [1.54, 1.807) is 0 Å². The summed E-state index contributed by atoms with van der Waals surface area (Å²) >= 11 is -2.06. The van der Waals surface area contributed by atoms with Gasteiger partial charge in [0.25, 0.3) is 0 Å². The Morgan fingerprint density at radius 3 is 2.20 bits per heavy atom. The molecule has 0 bridgehead atoms. The number of hydrogen-bond donors (Lipinski definition) is 0. The van der Waals surface area contributed by atoms with Crippen LogP contribution in [0.1, 0.15) is 0 Å². The minimum absolute atomic E-state index is 0.833. The normalized spacial score (nSPS) is 13.8. The molecule has 0 N–H and O–H groups in total. The number of hydrogen-bond acceptors (Lipinski definition) is 2. The fourth-order valence-electron chi connectivity index (χ4n) is 0. The molecule has 0 spiro atoms. The van der Waals surface area contributed by atoms with Gasteiger partial charge < -0.3 is 4.55 Å². The van der Waals surface area contributed by atoms with Crippen LogP contribution in [0.2, 0.25) is 0 Å². The van der Waals surface area contributed by atoms with Gasteiger partial charge in [0.15, 0.2) is 0 Å². The van der Waals surface area contributed by atoms with Crippen molar-refractivity contribution in [2.75, 3.05) is 0 Å². The van der Waals surface area contributed by atoms with Crippen molar-refractivity contribution in [3.8, 4) is 0 Å². The summed E-state index contributed by atoms with van der Waals surface area (Å²) in [6, 6.07) is 0. The van der Waals surface area contributed by atoms with Crippen LogP contribution >= 0.6 is 0 Å². The highest BCUT2D eigenvalue weighted by Gasteiger charge is 1.51. The summed E-state index contributed by atoms with van der Waals surface area (Å²) in [6.07, 6.45) is 0. The molecule has 0 saturated heterocycles. The van der Waals surface area contributed by atoms with Crippen LogP contribution < -0.4 is 0 Å². The van der Waals surface area contributed by atoms with Crippen molar-refractivity contribution in [1.29, 1.82) is 0 Å². The van der Waals surface area contributed by atoms with Crippen LogP contribution in [-0.4, -0.2) is 8.76 Å². The van der Waals surface area contributed by atoms with E-state index in [1.165, 1.54) is 0 Å². The second kappa shape index (κ2) is 2.11. The zero-order valence-corrected chi connectivity index (χ0v) is 3.33. The quantitative estimate of drug-likeness (QED) is 0.426. The second-order valence-corrected chi connectivity index (χ2v) is 1.28. The summed E-state index contributed by atoms with van der Waals surface area (Å²) in [5, 5.41) is 0.833. The molecule has 3 heteroatoms. The van der Waals surface area contributed by atoms with Gasteiger partial charge in [-0.25, -0.2) is 0 Å². The van der Waals surface area contributed by atoms with Crippen LogP contribution in [-0.2, 0) is 11.1 Å². The Kier molecular flexibility index (Phi) is 2.05. The van der Waals surface area contributed by atoms with Gasteiger partial charge in [0.05, 0.1) is 0 Å². The van der Waals surface area contributed by atoms with Gasteiger partial charge in [-0.3, -0.25) is 4.21 Å². The average Bonchev–Trinajstić information content (AvgIpc) is 1.38. The van der Waals surface area contributed by atoms with Gasteiger partial charge in [0.1, 0.15) is 0 Å². The third-order valence-corrected chi connectivity index (χ3v) is 0.408. The first kappa shape index (κ1) is 4.85. The molecule has 0 heterocycles. The van der Waals surface area contributed by atoms with Gasteiger partial charge >= 0.3 is 0 Å². The van der Waals surface area contributed by atoms with E-state index in [0.717, 1.165) is 5.41 Å². The highest BCUT2D eigenvalue weighted by Crippen LogP contribution is 1.64. The van der Waals surface area contributed by atoms with Crippen LogP contribution in [0.5, 0.6) is 0 Å². The summed E-state index contributed by atoms with van der Waals surface area (Å²) in [7, 11) is 0. The third kappa shape index (κ3) is 3.85. The summed E-state index contributed by atoms with van der Waals surface area (Å²) in [4.78, 5) is 0. The van der Waals surface area contributed by atoms with E-state index >= 15 is 0 Å². The number of rotatable bonds is 1. The van der Waals surface area contributed by atoms with Gasteiger partial charge in [0, 0.05) is 0 Å². The van der Waals surface area contributed by atoms with Crippen molar-refractivity contribution in [2.45, 2.75) is 0 Å². The second-order valence-electron chi connectivity index (χ2n) is 0.427. The fraction of sp³-hybridized carbons (Fsp3) is 0. The minimum Gasteiger partial charge on any atom is -0.769 e. The smallest absolute Gasteiger partial charge is 0.0187 e. The standard InChI is InChI=1S/C2H4O2S/c1-2-5(3)4/h2H,1H2,(H,3,4)/p-1. The summed E-state index contributed by atoms with van der Waals surface area (Å²) in [5.74, 6) is 0. The molecular weight excluding hydrogens is 88.1 g/mol. The molecule has 0 fully saturated rings. The van der Waals surface area contributed by atoms with Crippen LogP contribution in [0.25, 0.3) is 0 Å². The van der Waals surface area contributed by atoms with Gasteiger partial charge in [-0.05, 0) is 16.5 Å². The predicted molar refractivity (Wildman–Crippen MR) is 19.1 cm³/mol. The molecular formula is C2H3O2S-. The zero-order chi connectivity index (χ0) is 4.28. The van der Waals surface area contributed by atoms with E-state index < -0.39 is 11.1 Å². The molecule has 0 aromatic rings. The van der Waals surface area contributed by atoms with Gasteiger partial charge in [-0.1, -0.05) is 6.58 Å². The molecule has 0 aromatic heterocycles. The Balaban J connectivity index is 3.20. The summed E-state index contributed by atoms with van der Waals surface area (Å²) < 4.78 is 18.5. The first-order chi connectivity index (χ1) is 2.27. The maximum atomic E-state index is 9.25. The Hall–Kier alpha value is -0.150. The molecule has 0 aliphatic carbocycles. The lowest BCUT2D eigenvalue weighted by atomic mass is 11.3. The molecule has 0 radical (unpaired) electrons. The van der Waals surface area contributed by atoms with Crippen molar-refractivity contribution in [3.05, 3.63) is 12.0 Å². The molecule has 0 aliphatic heterocycles. The molecule has 2 nitrogen and oxygen atoms in total. The molecule has 0 aliphatic rings. The van der Waals surface area contributed by atoms with E-state index in [0.29, 0.717) is 0 Å². The minimum atomic E-state index is -2.06. The summed E-state index contributed by atoms with van der Waals surface area (Å²) in [6.45, 7) is 2.95. The summed E-state index contributed by atoms with van der Waals surface area (Å²) in [5.41, 5.74) is 0. The Morgan fingerprint density at radius 2 is 2.20 bits per heavy atom. The molecule has 0 saturated carbocycles. The van der Waals surface area contributed by atoms with Crippen LogP contribution in [0.3, 0.4) is 0 Å². The molecule has 5 heavy (non-hydrogen) atoms. The SMILES string of the molecule is C=CS(=O)[O-]. The van der Waals surface area contributed by atoms with Crippen LogP contribution in [0, 0.1) is 0 Å². The monoisotopic (exact) mass is 91.0 g/mol. The Morgan fingerprint density at radius 1 is 2.00 bits per heavy atom. The highest BCUT2D eigenvalue weighted by molar-refractivity contribution is 7.82. The van der Waals surface area contributed by atoms with E-state index in [4.69, 9.17) is 0 Å². The van der Waals surface area contributed by atoms with E-state index in [-0.39, 0.29) is 0 Å². The van der Waals surface area contributed by atoms with Crippen molar-refractivity contribution < 1.29 is 8.76 Å². The predicted octanol–water partition coefficient (Wildman–Crippen LogP) is 0.00900. The average molecular weight is 91.1 g/mol. The lowest BCUT2D eigenvalue weighted by Gasteiger charge is -1.88. The van der Waals surface area contributed by atoms with Crippen molar-refractivity contribution in [2.24, 2.45) is 0 Å². The molecule has 0 amide bonds. The molecule has 1 unspecified atom stereocenters. The Labute approximate surface area is 32.8 Å². The highest BCUT2D eigenvalue weighted by atomic mass is 32.2. The van der Waals surface area contributed by atoms with Crippen LogP contribution in [0.15, 0.2) is 12.0 Å². The van der Waals surface area contributed by atoms with Crippen molar-refractivity contribution in [3.63, 3.8) is 0 Å². The fourth-order valence-corrected chi connectivity index (χ4v) is 0. The van der Waals surface area contributed by atoms with Gasteiger partial charge in [0.2, 0.25) is 0 Å². The third-order valence-electron chi connectivity index (χ3n) is 0.136. The topological polar surface area (TPSA) is 40.1 Å². The van der Waals surface area contributed by atoms with Gasteiger partial charge in [-0.15, -0.1) is 0 Å². The van der Waals surface area contributed by atoms with Crippen molar-refractivity contribution >= 4 is 11.1 Å². The largest absolute Gasteiger partial charge is 0.769 e. The van der Waals surface area contributed by atoms with E-state index in [9.17, 15) is 8.76 Å². The lowest BCUT2D eigenvalue weighted by Crippen LogP contribution is -1.71. The Bertz CT molecular complexity index is 58.7. The molecule has 1 atom stereocenters. The molecule has 0 rings (SSSR count). The first-order valence-corrected chi connectivity index (χ1v) is 2.12. The molecule has 30 valence electrons. The maximum absolute atomic E-state index is 9.25. The van der Waals surface area contributed by atoms with Crippen LogP contribution in [0.4, 0.5) is 0 Å². The van der Waals surface area contributed by atoms with E-state index in [1.807, 2.05) is 0 Å². The molecule has 0 aromatic carbocycles.